The molecule has 6 heteroatoms. The first-order chi connectivity index (χ1) is 12.6. The molecule has 2 aromatic rings. The van der Waals surface area contributed by atoms with E-state index in [1.54, 1.807) is 0 Å². The number of aromatic nitrogens is 3. The number of carboxylic acid groups (broad SMARTS) is 1. The summed E-state index contributed by atoms with van der Waals surface area (Å²) in [5.41, 5.74) is 2.77. The summed E-state index contributed by atoms with van der Waals surface area (Å²) in [5, 5.41) is 18.0. The second kappa shape index (κ2) is 7.43. The van der Waals surface area contributed by atoms with E-state index in [-0.39, 0.29) is 5.41 Å². The predicted octanol–water partition coefficient (Wildman–Crippen LogP) is 3.03. The van der Waals surface area contributed by atoms with Crippen molar-refractivity contribution in [2.24, 2.45) is 5.92 Å². The highest BCUT2D eigenvalue weighted by Gasteiger charge is 2.33. The van der Waals surface area contributed by atoms with Crippen LogP contribution in [0.15, 0.2) is 24.3 Å². The number of carbonyl (C=O) groups is 1. The maximum absolute atomic E-state index is 11.8. The summed E-state index contributed by atoms with van der Waals surface area (Å²) in [4.78, 5) is 13.8. The fourth-order valence-corrected chi connectivity index (χ4v) is 3.79. The van der Waals surface area contributed by atoms with Crippen molar-refractivity contribution in [2.75, 3.05) is 6.54 Å². The second-order valence-corrected chi connectivity index (χ2v) is 8.81. The quantitative estimate of drug-likeness (QED) is 0.876. The molecule has 2 unspecified atom stereocenters. The number of rotatable bonds is 5. The molecule has 6 nitrogen and oxygen atoms in total. The number of fused-ring (bicyclic) bond motifs is 1. The Hall–Kier alpha value is -2.21. The van der Waals surface area contributed by atoms with Crippen LogP contribution < -0.4 is 0 Å². The van der Waals surface area contributed by atoms with Crippen molar-refractivity contribution in [1.29, 1.82) is 0 Å². The highest BCUT2D eigenvalue weighted by molar-refractivity contribution is 5.73. The van der Waals surface area contributed by atoms with E-state index in [9.17, 15) is 9.90 Å². The van der Waals surface area contributed by atoms with Crippen molar-refractivity contribution in [1.82, 2.24) is 19.7 Å². The van der Waals surface area contributed by atoms with Gasteiger partial charge in [0.1, 0.15) is 17.7 Å². The first-order valence-corrected chi connectivity index (χ1v) is 9.60. The molecule has 3 rings (SSSR count). The zero-order chi connectivity index (χ0) is 19.8. The topological polar surface area (TPSA) is 71.2 Å². The Balaban J connectivity index is 1.67. The van der Waals surface area contributed by atoms with E-state index in [1.807, 2.05) is 16.4 Å². The Morgan fingerprint density at radius 1 is 1.26 bits per heavy atom. The van der Waals surface area contributed by atoms with Crippen LogP contribution in [0.1, 0.15) is 50.5 Å². The predicted molar refractivity (Wildman–Crippen MR) is 105 cm³/mol. The molecule has 1 aliphatic heterocycles. The van der Waals surface area contributed by atoms with Crippen LogP contribution in [0.5, 0.6) is 0 Å². The minimum absolute atomic E-state index is 0.154. The van der Waals surface area contributed by atoms with Crippen molar-refractivity contribution < 1.29 is 9.90 Å². The van der Waals surface area contributed by atoms with E-state index in [0.717, 1.165) is 24.6 Å². The van der Waals surface area contributed by atoms with Gasteiger partial charge in [0.25, 0.3) is 0 Å². The molecule has 0 amide bonds. The Morgan fingerprint density at radius 2 is 1.93 bits per heavy atom. The van der Waals surface area contributed by atoms with Gasteiger partial charge in [-0.05, 0) is 35.8 Å². The van der Waals surface area contributed by atoms with Crippen LogP contribution in [0.4, 0.5) is 0 Å². The molecule has 0 bridgehead atoms. The van der Waals surface area contributed by atoms with Crippen molar-refractivity contribution in [2.45, 2.75) is 65.6 Å². The van der Waals surface area contributed by atoms with Gasteiger partial charge in [0, 0.05) is 6.54 Å². The molecule has 0 saturated heterocycles. The molecule has 2 atom stereocenters. The van der Waals surface area contributed by atoms with Crippen molar-refractivity contribution in [3.63, 3.8) is 0 Å². The van der Waals surface area contributed by atoms with Crippen molar-refractivity contribution >= 4 is 5.97 Å². The molecule has 0 saturated carbocycles. The van der Waals surface area contributed by atoms with E-state index < -0.39 is 12.0 Å². The number of hydrogen-bond donors (Lipinski definition) is 1. The first kappa shape index (κ1) is 19.5. The monoisotopic (exact) mass is 370 g/mol. The lowest BCUT2D eigenvalue weighted by atomic mass is 9.86. The highest BCUT2D eigenvalue weighted by atomic mass is 16.4. The molecule has 0 spiro atoms. The number of nitrogens with zero attached hydrogens (tertiary/aromatic N) is 4. The Labute approximate surface area is 161 Å². The van der Waals surface area contributed by atoms with Gasteiger partial charge in [-0.25, -0.2) is 0 Å². The third-order valence-electron chi connectivity index (χ3n) is 5.39. The van der Waals surface area contributed by atoms with Crippen molar-refractivity contribution in [3.8, 4) is 0 Å². The molecule has 1 aromatic heterocycles. The van der Waals surface area contributed by atoms with Gasteiger partial charge in [0.15, 0.2) is 0 Å². The zero-order valence-electron chi connectivity index (χ0n) is 16.9. The van der Waals surface area contributed by atoms with E-state index in [1.165, 1.54) is 11.1 Å². The zero-order valence-corrected chi connectivity index (χ0v) is 16.9. The van der Waals surface area contributed by atoms with Crippen LogP contribution in [-0.4, -0.2) is 43.3 Å². The van der Waals surface area contributed by atoms with E-state index in [2.05, 4.69) is 62.2 Å². The SMILES string of the molecule is Cc1nnc2n1CC(C(=O)O)N(CC(C)Cc1ccc(C(C)(C)C)cc1)C2. The minimum atomic E-state index is -0.782. The molecule has 0 aliphatic carbocycles. The molecule has 1 N–H and O–H groups in total. The van der Waals surface area contributed by atoms with E-state index in [0.29, 0.717) is 19.0 Å². The molecule has 1 aliphatic rings. The summed E-state index contributed by atoms with van der Waals surface area (Å²) in [6, 6.07) is 8.27. The van der Waals surface area contributed by atoms with Crippen LogP contribution in [-0.2, 0) is 29.7 Å². The fourth-order valence-electron chi connectivity index (χ4n) is 3.79. The van der Waals surface area contributed by atoms with Gasteiger partial charge >= 0.3 is 5.97 Å². The first-order valence-electron chi connectivity index (χ1n) is 9.60. The van der Waals surface area contributed by atoms with E-state index in [4.69, 9.17) is 0 Å². The number of aliphatic carboxylic acids is 1. The lowest BCUT2D eigenvalue weighted by molar-refractivity contribution is -0.145. The second-order valence-electron chi connectivity index (χ2n) is 8.81. The Morgan fingerprint density at radius 3 is 2.52 bits per heavy atom. The Kier molecular flexibility index (Phi) is 5.38. The average molecular weight is 370 g/mol. The summed E-state index contributed by atoms with van der Waals surface area (Å²) in [7, 11) is 0. The maximum Gasteiger partial charge on any atom is 0.322 e. The molecule has 1 aromatic carbocycles. The van der Waals surface area contributed by atoms with Crippen LogP contribution in [0.3, 0.4) is 0 Å². The van der Waals surface area contributed by atoms with Crippen LogP contribution >= 0.6 is 0 Å². The summed E-state index contributed by atoms with van der Waals surface area (Å²) in [5.74, 6) is 1.20. The van der Waals surface area contributed by atoms with Crippen LogP contribution in [0, 0.1) is 12.8 Å². The van der Waals surface area contributed by atoms with Gasteiger partial charge < -0.3 is 9.67 Å². The normalized spacial score (nSPS) is 18.9. The Bertz CT molecular complexity index is 805. The highest BCUT2D eigenvalue weighted by Crippen LogP contribution is 2.24. The molecular weight excluding hydrogens is 340 g/mol. The molecule has 146 valence electrons. The fraction of sp³-hybridized carbons (Fsp3) is 0.571. The third-order valence-corrected chi connectivity index (χ3v) is 5.39. The molecule has 0 fully saturated rings. The summed E-state index contributed by atoms with van der Waals surface area (Å²) >= 11 is 0. The van der Waals surface area contributed by atoms with Crippen LogP contribution in [0.25, 0.3) is 0 Å². The van der Waals surface area contributed by atoms with Crippen molar-refractivity contribution in [3.05, 3.63) is 47.0 Å². The number of aryl methyl sites for hydroxylation is 1. The lowest BCUT2D eigenvalue weighted by Gasteiger charge is -2.35. The summed E-state index contributed by atoms with van der Waals surface area (Å²) in [6.45, 7) is 12.4. The van der Waals surface area contributed by atoms with Gasteiger partial charge in [-0.2, -0.15) is 0 Å². The molecule has 27 heavy (non-hydrogen) atoms. The number of benzene rings is 1. The summed E-state index contributed by atoms with van der Waals surface area (Å²) in [6.07, 6.45) is 0.930. The standard InChI is InChI=1S/C21H30N4O2/c1-14(10-16-6-8-17(9-7-16)21(3,4)5)11-24-13-19-23-22-15(2)25(19)12-18(24)20(26)27/h6-9,14,18H,10-13H2,1-5H3,(H,26,27). The summed E-state index contributed by atoms with van der Waals surface area (Å²) < 4.78 is 1.92. The maximum atomic E-state index is 11.8. The smallest absolute Gasteiger partial charge is 0.322 e. The van der Waals surface area contributed by atoms with Gasteiger partial charge in [0.2, 0.25) is 0 Å². The van der Waals surface area contributed by atoms with Gasteiger partial charge in [0.05, 0.1) is 13.1 Å². The third kappa shape index (κ3) is 4.38. The number of carboxylic acids is 1. The lowest BCUT2D eigenvalue weighted by Crippen LogP contribution is -2.49. The van der Waals surface area contributed by atoms with Gasteiger partial charge in [-0.15, -0.1) is 10.2 Å². The molecule has 2 heterocycles. The average Bonchev–Trinajstić information content (AvgIpc) is 2.94. The molecule has 0 radical (unpaired) electrons. The van der Waals surface area contributed by atoms with Gasteiger partial charge in [-0.1, -0.05) is 52.0 Å². The minimum Gasteiger partial charge on any atom is -0.480 e. The van der Waals surface area contributed by atoms with Gasteiger partial charge in [-0.3, -0.25) is 9.69 Å². The molecular formula is C21H30N4O2. The number of hydrogen-bond acceptors (Lipinski definition) is 4. The van der Waals surface area contributed by atoms with Crippen LogP contribution in [0.2, 0.25) is 0 Å². The largest absolute Gasteiger partial charge is 0.480 e. The van der Waals surface area contributed by atoms with E-state index >= 15 is 0 Å².